The standard InChI is InChI=1S/C15H25NO2/c1-12(2)13-5-7-14(8-6-13)15(16)11-18-10-4-9-17-3/h5-8,12,15H,4,9-11,16H2,1-3H3. The van der Waals surface area contributed by atoms with Crippen molar-refractivity contribution in [3.63, 3.8) is 0 Å². The smallest absolute Gasteiger partial charge is 0.0659 e. The zero-order valence-corrected chi connectivity index (χ0v) is 11.7. The first-order valence-electron chi connectivity index (χ1n) is 6.57. The molecule has 18 heavy (non-hydrogen) atoms. The Kier molecular flexibility index (Phi) is 6.94. The lowest BCUT2D eigenvalue weighted by molar-refractivity contribution is 0.0940. The maximum atomic E-state index is 6.08. The number of rotatable bonds is 8. The van der Waals surface area contributed by atoms with Crippen molar-refractivity contribution in [3.8, 4) is 0 Å². The van der Waals surface area contributed by atoms with Gasteiger partial charge in [0.25, 0.3) is 0 Å². The van der Waals surface area contributed by atoms with Crippen LogP contribution in [0.5, 0.6) is 0 Å². The quantitative estimate of drug-likeness (QED) is 0.723. The van der Waals surface area contributed by atoms with E-state index in [1.165, 1.54) is 5.56 Å². The molecular formula is C15H25NO2. The van der Waals surface area contributed by atoms with Gasteiger partial charge in [-0.3, -0.25) is 0 Å². The average Bonchev–Trinajstić information content (AvgIpc) is 2.38. The third-order valence-electron chi connectivity index (χ3n) is 2.97. The second kappa shape index (κ2) is 8.25. The van der Waals surface area contributed by atoms with Gasteiger partial charge in [0.2, 0.25) is 0 Å². The zero-order valence-electron chi connectivity index (χ0n) is 11.7. The summed E-state index contributed by atoms with van der Waals surface area (Å²) in [5.74, 6) is 0.556. The Bertz CT molecular complexity index is 322. The molecule has 3 nitrogen and oxygen atoms in total. The molecule has 0 heterocycles. The second-order valence-electron chi connectivity index (χ2n) is 4.85. The van der Waals surface area contributed by atoms with Crippen molar-refractivity contribution in [3.05, 3.63) is 35.4 Å². The van der Waals surface area contributed by atoms with Crippen molar-refractivity contribution >= 4 is 0 Å². The van der Waals surface area contributed by atoms with Crippen molar-refractivity contribution < 1.29 is 9.47 Å². The first-order chi connectivity index (χ1) is 8.65. The van der Waals surface area contributed by atoms with Crippen molar-refractivity contribution in [2.45, 2.75) is 32.2 Å². The topological polar surface area (TPSA) is 44.5 Å². The van der Waals surface area contributed by atoms with E-state index in [0.717, 1.165) is 18.6 Å². The molecule has 3 heteroatoms. The summed E-state index contributed by atoms with van der Waals surface area (Å²) in [5.41, 5.74) is 8.55. The number of ether oxygens (including phenoxy) is 2. The third kappa shape index (κ3) is 5.17. The van der Waals surface area contributed by atoms with Crippen LogP contribution in [0.15, 0.2) is 24.3 Å². The Morgan fingerprint density at radius 1 is 1.06 bits per heavy atom. The highest BCUT2D eigenvalue weighted by Crippen LogP contribution is 2.17. The predicted octanol–water partition coefficient (Wildman–Crippen LogP) is 2.86. The minimum atomic E-state index is -0.0474. The molecule has 0 saturated heterocycles. The lowest BCUT2D eigenvalue weighted by atomic mass is 10.00. The van der Waals surface area contributed by atoms with E-state index in [1.54, 1.807) is 7.11 Å². The summed E-state index contributed by atoms with van der Waals surface area (Å²) >= 11 is 0. The Morgan fingerprint density at radius 3 is 2.22 bits per heavy atom. The number of hydrogen-bond donors (Lipinski definition) is 1. The van der Waals surface area contributed by atoms with Gasteiger partial charge < -0.3 is 15.2 Å². The Balaban J connectivity index is 2.34. The van der Waals surface area contributed by atoms with Crippen LogP contribution < -0.4 is 5.73 Å². The van der Waals surface area contributed by atoms with Crippen LogP contribution in [0.1, 0.15) is 43.4 Å². The molecule has 0 aliphatic rings. The molecule has 0 radical (unpaired) electrons. The lowest BCUT2D eigenvalue weighted by Gasteiger charge is -2.14. The van der Waals surface area contributed by atoms with Gasteiger partial charge >= 0.3 is 0 Å². The molecule has 0 aliphatic carbocycles. The SMILES string of the molecule is COCCCOCC(N)c1ccc(C(C)C)cc1. The van der Waals surface area contributed by atoms with Crippen molar-refractivity contribution in [2.24, 2.45) is 5.73 Å². The molecule has 0 saturated carbocycles. The molecule has 1 rings (SSSR count). The summed E-state index contributed by atoms with van der Waals surface area (Å²) < 4.78 is 10.5. The lowest BCUT2D eigenvalue weighted by Crippen LogP contribution is -2.17. The number of benzene rings is 1. The first-order valence-corrected chi connectivity index (χ1v) is 6.57. The highest BCUT2D eigenvalue weighted by molar-refractivity contribution is 5.26. The van der Waals surface area contributed by atoms with Crippen LogP contribution in [0.3, 0.4) is 0 Å². The normalized spacial score (nSPS) is 12.9. The van der Waals surface area contributed by atoms with Crippen LogP contribution in [-0.2, 0) is 9.47 Å². The van der Waals surface area contributed by atoms with Crippen molar-refractivity contribution in [2.75, 3.05) is 26.9 Å². The van der Waals surface area contributed by atoms with Gasteiger partial charge in [-0.15, -0.1) is 0 Å². The van der Waals surface area contributed by atoms with Crippen LogP contribution in [0, 0.1) is 0 Å². The summed E-state index contributed by atoms with van der Waals surface area (Å²) in [6.07, 6.45) is 0.912. The Hall–Kier alpha value is -0.900. The Labute approximate surface area is 110 Å². The van der Waals surface area contributed by atoms with Crippen LogP contribution >= 0.6 is 0 Å². The van der Waals surface area contributed by atoms with Gasteiger partial charge in [-0.2, -0.15) is 0 Å². The summed E-state index contributed by atoms with van der Waals surface area (Å²) in [5, 5.41) is 0. The summed E-state index contributed by atoms with van der Waals surface area (Å²) in [4.78, 5) is 0. The number of hydrogen-bond acceptors (Lipinski definition) is 3. The average molecular weight is 251 g/mol. The fraction of sp³-hybridized carbons (Fsp3) is 0.600. The fourth-order valence-electron chi connectivity index (χ4n) is 1.74. The van der Waals surface area contributed by atoms with E-state index in [9.17, 15) is 0 Å². The fourth-order valence-corrected chi connectivity index (χ4v) is 1.74. The molecule has 0 fully saturated rings. The molecule has 1 unspecified atom stereocenters. The summed E-state index contributed by atoms with van der Waals surface area (Å²) in [6, 6.07) is 8.43. The van der Waals surface area contributed by atoms with E-state index >= 15 is 0 Å². The van der Waals surface area contributed by atoms with Gasteiger partial charge in [0.1, 0.15) is 0 Å². The van der Waals surface area contributed by atoms with Gasteiger partial charge in [0.05, 0.1) is 12.6 Å². The molecule has 1 atom stereocenters. The Morgan fingerprint density at radius 2 is 1.67 bits per heavy atom. The van der Waals surface area contributed by atoms with E-state index in [1.807, 2.05) is 0 Å². The molecule has 0 aliphatic heterocycles. The van der Waals surface area contributed by atoms with Gasteiger partial charge in [0.15, 0.2) is 0 Å². The summed E-state index contributed by atoms with van der Waals surface area (Å²) in [6.45, 7) is 6.37. The minimum absolute atomic E-state index is 0.0474. The highest BCUT2D eigenvalue weighted by Gasteiger charge is 2.06. The molecule has 0 amide bonds. The van der Waals surface area contributed by atoms with E-state index in [0.29, 0.717) is 19.1 Å². The molecule has 0 spiro atoms. The highest BCUT2D eigenvalue weighted by atomic mass is 16.5. The predicted molar refractivity (Wildman–Crippen MR) is 74.8 cm³/mol. The minimum Gasteiger partial charge on any atom is -0.385 e. The monoisotopic (exact) mass is 251 g/mol. The van der Waals surface area contributed by atoms with Crippen LogP contribution in [0.25, 0.3) is 0 Å². The van der Waals surface area contributed by atoms with Crippen LogP contribution in [-0.4, -0.2) is 26.9 Å². The van der Waals surface area contributed by atoms with Crippen LogP contribution in [0.2, 0.25) is 0 Å². The second-order valence-corrected chi connectivity index (χ2v) is 4.85. The van der Waals surface area contributed by atoms with Gasteiger partial charge in [0, 0.05) is 20.3 Å². The number of nitrogens with two attached hydrogens (primary N) is 1. The molecule has 0 bridgehead atoms. The van der Waals surface area contributed by atoms with Gasteiger partial charge in [-0.1, -0.05) is 38.1 Å². The maximum absolute atomic E-state index is 6.08. The molecule has 1 aromatic rings. The summed E-state index contributed by atoms with van der Waals surface area (Å²) in [7, 11) is 1.70. The van der Waals surface area contributed by atoms with Gasteiger partial charge in [-0.25, -0.2) is 0 Å². The van der Waals surface area contributed by atoms with Crippen LogP contribution in [0.4, 0.5) is 0 Å². The van der Waals surface area contributed by atoms with E-state index in [4.69, 9.17) is 15.2 Å². The van der Waals surface area contributed by atoms with E-state index in [2.05, 4.69) is 38.1 Å². The molecule has 102 valence electrons. The number of methoxy groups -OCH3 is 1. The first kappa shape index (κ1) is 15.2. The van der Waals surface area contributed by atoms with Crippen molar-refractivity contribution in [1.29, 1.82) is 0 Å². The van der Waals surface area contributed by atoms with E-state index in [-0.39, 0.29) is 6.04 Å². The molecule has 0 aromatic heterocycles. The molecular weight excluding hydrogens is 226 g/mol. The third-order valence-corrected chi connectivity index (χ3v) is 2.97. The molecule has 1 aromatic carbocycles. The van der Waals surface area contributed by atoms with Crippen molar-refractivity contribution in [1.82, 2.24) is 0 Å². The zero-order chi connectivity index (χ0) is 13.4. The van der Waals surface area contributed by atoms with Gasteiger partial charge in [-0.05, 0) is 23.5 Å². The largest absolute Gasteiger partial charge is 0.385 e. The molecule has 2 N–H and O–H groups in total. The maximum Gasteiger partial charge on any atom is 0.0659 e. The van der Waals surface area contributed by atoms with E-state index < -0.39 is 0 Å².